The summed E-state index contributed by atoms with van der Waals surface area (Å²) in [6.45, 7) is 0. The van der Waals surface area contributed by atoms with Crippen LogP contribution in [0.2, 0.25) is 0 Å². The maximum atomic E-state index is 8.36. The third kappa shape index (κ3) is 3.15. The molecule has 5 heteroatoms. The van der Waals surface area contributed by atoms with Gasteiger partial charge in [-0.15, -0.1) is 0 Å². The molecule has 0 N–H and O–H groups in total. The molecule has 0 aromatic carbocycles. The molecule has 4 nitrogen and oxygen atoms in total. The summed E-state index contributed by atoms with van der Waals surface area (Å²) in [7, 11) is 0. The Hall–Kier alpha value is -1.64. The number of allylic oxidation sites excluding steroid dienone is 1. The van der Waals surface area contributed by atoms with Crippen LogP contribution < -0.4 is 0 Å². The first kappa shape index (κ1) is 9.36. The third-order valence-electron chi connectivity index (χ3n) is 0.783. The van der Waals surface area contributed by atoms with Crippen molar-refractivity contribution in [3.05, 3.63) is 11.8 Å². The van der Waals surface area contributed by atoms with Crippen LogP contribution in [0.15, 0.2) is 11.8 Å². The number of hydrogen-bond acceptors (Lipinski definition) is 5. The molecule has 0 atom stereocenters. The van der Waals surface area contributed by atoms with Gasteiger partial charge in [0.25, 0.3) is 0 Å². The maximum Gasteiger partial charge on any atom is 0.194 e. The van der Waals surface area contributed by atoms with E-state index in [0.29, 0.717) is 0 Å². The van der Waals surface area contributed by atoms with Crippen molar-refractivity contribution in [2.24, 2.45) is 0 Å². The lowest BCUT2D eigenvalue weighted by Gasteiger charge is -2.01. The first-order valence-corrected chi connectivity index (χ1v) is 3.71. The van der Waals surface area contributed by atoms with E-state index >= 15 is 0 Å². The fraction of sp³-hybridized carbons (Fsp3) is 0.167. The molecule has 0 amide bonds. The lowest BCUT2D eigenvalue weighted by Crippen LogP contribution is -1.97. The molecule has 0 aliphatic heterocycles. The number of nitrogens with zero attached hydrogens (tertiary/aromatic N) is 4. The van der Waals surface area contributed by atoms with E-state index in [1.54, 1.807) is 24.6 Å². The van der Waals surface area contributed by atoms with Crippen molar-refractivity contribution in [1.29, 1.82) is 15.8 Å². The van der Waals surface area contributed by atoms with Crippen LogP contribution in [-0.2, 0) is 0 Å². The summed E-state index contributed by atoms with van der Waals surface area (Å²) in [5.74, 6) is 0. The molecule has 0 heterocycles. The van der Waals surface area contributed by atoms with Gasteiger partial charge in [0.05, 0.1) is 6.20 Å². The van der Waals surface area contributed by atoms with Crippen molar-refractivity contribution >= 4 is 11.9 Å². The van der Waals surface area contributed by atoms with E-state index in [4.69, 9.17) is 15.8 Å². The quantitative estimate of drug-likeness (QED) is 0.263. The second-order valence-corrected chi connectivity index (χ2v) is 2.13. The normalized spacial score (nSPS) is 6.73. The monoisotopic (exact) mass is 164 g/mol. The molecule has 0 rings (SSSR count). The smallest absolute Gasteiger partial charge is 0.194 e. The van der Waals surface area contributed by atoms with Crippen LogP contribution in [0.3, 0.4) is 0 Å². The Labute approximate surface area is 69.1 Å². The van der Waals surface area contributed by atoms with Gasteiger partial charge in [-0.05, 0) is 11.9 Å². The van der Waals surface area contributed by atoms with E-state index in [1.165, 1.54) is 6.20 Å². The van der Waals surface area contributed by atoms with E-state index in [1.807, 2.05) is 0 Å². The lowest BCUT2D eigenvalue weighted by molar-refractivity contribution is 0.875. The highest BCUT2D eigenvalue weighted by Gasteiger charge is 1.97. The minimum absolute atomic E-state index is 0.0825. The van der Waals surface area contributed by atoms with Gasteiger partial charge in [-0.2, -0.15) is 15.8 Å². The van der Waals surface area contributed by atoms with Crippen molar-refractivity contribution in [2.75, 3.05) is 6.26 Å². The summed E-state index contributed by atoms with van der Waals surface area (Å²) < 4.78 is 1.13. The molecule has 0 fully saturated rings. The number of hydrogen-bond donors (Lipinski definition) is 0. The first-order chi connectivity index (χ1) is 5.28. The maximum absolute atomic E-state index is 8.36. The molecule has 0 unspecified atom stereocenters. The van der Waals surface area contributed by atoms with Gasteiger partial charge in [0.15, 0.2) is 6.19 Å². The second kappa shape index (κ2) is 5.17. The number of rotatable bonds is 2. The van der Waals surface area contributed by atoms with Gasteiger partial charge in [-0.25, -0.2) is 4.31 Å². The summed E-state index contributed by atoms with van der Waals surface area (Å²) in [6.07, 6.45) is 4.63. The van der Waals surface area contributed by atoms with E-state index in [-0.39, 0.29) is 5.57 Å². The van der Waals surface area contributed by atoms with Gasteiger partial charge < -0.3 is 0 Å². The van der Waals surface area contributed by atoms with Gasteiger partial charge in [-0.3, -0.25) is 0 Å². The molecule has 0 bridgehead atoms. The predicted octanol–water partition coefficient (Wildman–Crippen LogP) is 0.979. The van der Waals surface area contributed by atoms with Gasteiger partial charge in [0, 0.05) is 6.26 Å². The highest BCUT2D eigenvalue weighted by atomic mass is 32.2. The van der Waals surface area contributed by atoms with Gasteiger partial charge in [0.1, 0.15) is 17.7 Å². The molecule has 54 valence electrons. The largest absolute Gasteiger partial charge is 0.227 e. The van der Waals surface area contributed by atoms with Crippen LogP contribution in [0.25, 0.3) is 0 Å². The molecule has 0 saturated carbocycles. The van der Waals surface area contributed by atoms with Crippen molar-refractivity contribution in [1.82, 2.24) is 4.31 Å². The van der Waals surface area contributed by atoms with Crippen LogP contribution in [0.5, 0.6) is 0 Å². The average Bonchev–Trinajstić information content (AvgIpc) is 2.07. The Morgan fingerprint density at radius 3 is 2.18 bits per heavy atom. The zero-order chi connectivity index (χ0) is 8.69. The van der Waals surface area contributed by atoms with Crippen LogP contribution >= 0.6 is 11.9 Å². The lowest BCUT2D eigenvalue weighted by atomic mass is 10.4. The minimum Gasteiger partial charge on any atom is -0.227 e. The molecule has 0 spiro atoms. The van der Waals surface area contributed by atoms with Crippen molar-refractivity contribution in [3.63, 3.8) is 0 Å². The molecule has 11 heavy (non-hydrogen) atoms. The van der Waals surface area contributed by atoms with Crippen LogP contribution in [0.1, 0.15) is 0 Å². The molecule has 0 saturated heterocycles. The van der Waals surface area contributed by atoms with Gasteiger partial charge in [0.2, 0.25) is 0 Å². The number of nitriles is 3. The van der Waals surface area contributed by atoms with Crippen LogP contribution in [0, 0.1) is 34.1 Å². The first-order valence-electron chi connectivity index (χ1n) is 2.53. The fourth-order valence-corrected chi connectivity index (χ4v) is 0.615. The van der Waals surface area contributed by atoms with Crippen molar-refractivity contribution in [2.45, 2.75) is 0 Å². The highest BCUT2D eigenvalue weighted by molar-refractivity contribution is 7.96. The molecule has 0 radical (unpaired) electrons. The van der Waals surface area contributed by atoms with E-state index in [0.717, 1.165) is 16.3 Å². The average molecular weight is 164 g/mol. The minimum atomic E-state index is -0.0825. The topological polar surface area (TPSA) is 74.6 Å². The Bertz CT molecular complexity index is 258. The van der Waals surface area contributed by atoms with Crippen LogP contribution in [0.4, 0.5) is 0 Å². The van der Waals surface area contributed by atoms with Crippen LogP contribution in [-0.4, -0.2) is 10.6 Å². The summed E-state index contributed by atoms with van der Waals surface area (Å²) >= 11 is 1.12. The Balaban J connectivity index is 4.45. The van der Waals surface area contributed by atoms with Crippen molar-refractivity contribution in [3.8, 4) is 18.3 Å². The summed E-state index contributed by atoms with van der Waals surface area (Å²) in [5.41, 5.74) is -0.0825. The van der Waals surface area contributed by atoms with Crippen molar-refractivity contribution < 1.29 is 0 Å². The van der Waals surface area contributed by atoms with E-state index < -0.39 is 0 Å². The molecule has 0 aromatic rings. The summed E-state index contributed by atoms with van der Waals surface area (Å²) in [6, 6.07) is 3.29. The SMILES string of the molecule is CSN(C#N)C=C(C#N)C#N. The second-order valence-electron chi connectivity index (χ2n) is 1.37. The molecular formula is C6H4N4S. The Kier molecular flexibility index (Phi) is 4.40. The van der Waals surface area contributed by atoms with Gasteiger partial charge >= 0.3 is 0 Å². The molecule has 0 aromatic heterocycles. The summed E-state index contributed by atoms with van der Waals surface area (Å²) in [4.78, 5) is 0. The molecular weight excluding hydrogens is 160 g/mol. The predicted molar refractivity (Wildman–Crippen MR) is 40.3 cm³/mol. The van der Waals surface area contributed by atoms with E-state index in [2.05, 4.69) is 0 Å². The Morgan fingerprint density at radius 2 is 1.91 bits per heavy atom. The third-order valence-corrected chi connectivity index (χ3v) is 1.36. The Morgan fingerprint density at radius 1 is 1.36 bits per heavy atom. The zero-order valence-corrected chi connectivity index (χ0v) is 6.59. The van der Waals surface area contributed by atoms with Gasteiger partial charge in [-0.1, -0.05) is 0 Å². The zero-order valence-electron chi connectivity index (χ0n) is 5.77. The summed E-state index contributed by atoms with van der Waals surface area (Å²) in [5, 5.41) is 24.9. The molecule has 0 aliphatic carbocycles. The fourth-order valence-electron chi connectivity index (χ4n) is 0.322. The standard InChI is InChI=1S/C6H4N4S/c1-11-10(5-9)4-6(2-7)3-8/h4H,1H3. The molecule has 0 aliphatic rings. The van der Waals surface area contributed by atoms with E-state index in [9.17, 15) is 0 Å². The highest BCUT2D eigenvalue weighted by Crippen LogP contribution is 2.05.